The van der Waals surface area contributed by atoms with E-state index in [1.54, 1.807) is 0 Å². The number of carbonyl (C=O) groups excluding carboxylic acids is 1. The summed E-state index contributed by atoms with van der Waals surface area (Å²) in [7, 11) is 0. The first-order valence-corrected chi connectivity index (χ1v) is 9.78. The minimum Gasteiger partial charge on any atom is -0.348 e. The highest BCUT2D eigenvalue weighted by atomic mass is 35.5. The van der Waals surface area contributed by atoms with Crippen LogP contribution >= 0.6 is 11.6 Å². The molecule has 1 aromatic carbocycles. The smallest absolute Gasteiger partial charge is 0.283 e. The first kappa shape index (κ1) is 23.2. The van der Waals surface area contributed by atoms with Crippen molar-refractivity contribution in [3.05, 3.63) is 51.8 Å². The molecule has 0 saturated carbocycles. The summed E-state index contributed by atoms with van der Waals surface area (Å²) in [5.74, 6) is -0.204. The molecule has 2 aromatic rings. The molecule has 0 spiro atoms. The third kappa shape index (κ3) is 5.50. The highest BCUT2D eigenvalue weighted by Crippen LogP contribution is 2.34. The van der Waals surface area contributed by atoms with Gasteiger partial charge in [-0.3, -0.25) is 9.48 Å². The Labute approximate surface area is 172 Å². The molecule has 160 valence electrons. The minimum absolute atomic E-state index is 0.343. The van der Waals surface area contributed by atoms with Gasteiger partial charge in [-0.05, 0) is 29.9 Å². The number of rotatable bonds is 9. The summed E-state index contributed by atoms with van der Waals surface area (Å²) in [4.78, 5) is 12.4. The molecule has 9 heteroatoms. The van der Waals surface area contributed by atoms with Crippen LogP contribution in [-0.2, 0) is 11.3 Å². The molecule has 0 fully saturated rings. The molecule has 0 radical (unpaired) electrons. The van der Waals surface area contributed by atoms with Crippen molar-refractivity contribution in [2.45, 2.75) is 65.0 Å². The predicted octanol–water partition coefficient (Wildman–Crippen LogP) is 6.19. The zero-order valence-electron chi connectivity index (χ0n) is 16.4. The Balaban J connectivity index is 2.16. The lowest BCUT2D eigenvalue weighted by Crippen LogP contribution is -2.32. The summed E-state index contributed by atoms with van der Waals surface area (Å²) >= 11 is 5.61. The molecule has 29 heavy (non-hydrogen) atoms. The molecule has 1 heterocycles. The summed E-state index contributed by atoms with van der Waals surface area (Å²) in [6.07, 6.45) is -4.67. The maximum Gasteiger partial charge on any atom is 0.283 e. The monoisotopic (exact) mass is 433 g/mol. The third-order valence-corrected chi connectivity index (χ3v) is 5.31. The number of nitrogens with zero attached hydrogens (tertiary/aromatic N) is 2. The van der Waals surface area contributed by atoms with Gasteiger partial charge in [0.1, 0.15) is 17.9 Å². The second-order valence-electron chi connectivity index (χ2n) is 6.85. The van der Waals surface area contributed by atoms with E-state index in [9.17, 15) is 22.4 Å². The van der Waals surface area contributed by atoms with Gasteiger partial charge in [-0.15, -0.1) is 0 Å². The van der Waals surface area contributed by atoms with Gasteiger partial charge in [0.25, 0.3) is 12.9 Å². The summed E-state index contributed by atoms with van der Waals surface area (Å²) in [5.41, 5.74) is 0.212. The lowest BCUT2D eigenvalue weighted by Gasteiger charge is -2.19. The van der Waals surface area contributed by atoms with Crippen LogP contribution in [0.2, 0.25) is 5.02 Å². The Morgan fingerprint density at radius 1 is 1.07 bits per heavy atom. The molecule has 2 rings (SSSR count). The lowest BCUT2D eigenvalue weighted by atomic mass is 9.95. The van der Waals surface area contributed by atoms with Crippen LogP contribution in [0.4, 0.5) is 17.6 Å². The van der Waals surface area contributed by atoms with Crippen molar-refractivity contribution in [2.24, 2.45) is 0 Å². The normalized spacial score (nSPS) is 13.7. The molecule has 4 nitrogen and oxygen atoms in total. The van der Waals surface area contributed by atoms with Crippen LogP contribution in [0.15, 0.2) is 24.3 Å². The van der Waals surface area contributed by atoms with E-state index in [-0.39, 0.29) is 6.04 Å². The molecule has 1 N–H and O–H groups in total. The maximum atomic E-state index is 13.2. The highest BCUT2D eigenvalue weighted by molar-refractivity contribution is 6.32. The van der Waals surface area contributed by atoms with Gasteiger partial charge in [-0.1, -0.05) is 56.6 Å². The van der Waals surface area contributed by atoms with E-state index in [1.807, 2.05) is 31.2 Å². The molecule has 0 saturated heterocycles. The minimum atomic E-state index is -3.13. The topological polar surface area (TPSA) is 46.9 Å². The number of aromatic nitrogens is 2. The number of halogens is 5. The molecule has 2 unspecified atom stereocenters. The van der Waals surface area contributed by atoms with Crippen LogP contribution in [0, 0.1) is 0 Å². The van der Waals surface area contributed by atoms with E-state index >= 15 is 0 Å². The van der Waals surface area contributed by atoms with Gasteiger partial charge in [-0.25, -0.2) is 17.6 Å². The second kappa shape index (κ2) is 10.1. The fourth-order valence-electron chi connectivity index (χ4n) is 3.03. The number of hydrogen-bond donors (Lipinski definition) is 1. The van der Waals surface area contributed by atoms with Gasteiger partial charge in [0, 0.05) is 0 Å². The predicted molar refractivity (Wildman–Crippen MR) is 103 cm³/mol. The maximum absolute atomic E-state index is 13.2. The molecule has 1 aromatic heterocycles. The fourth-order valence-corrected chi connectivity index (χ4v) is 3.33. The average molecular weight is 434 g/mol. The van der Waals surface area contributed by atoms with E-state index < -0.39 is 41.7 Å². The Morgan fingerprint density at radius 3 is 2.14 bits per heavy atom. The van der Waals surface area contributed by atoms with Crippen LogP contribution in [0.1, 0.15) is 80.9 Å². The molecular weight excluding hydrogens is 410 g/mol. The molecule has 2 atom stereocenters. The lowest BCUT2D eigenvalue weighted by molar-refractivity contribution is -0.122. The SMILES string of the molecule is CCC(C)c1ccc(C(CC)NC(=O)Cn2nc(C(F)F)c(Cl)c2C(F)F)cc1. The number of amides is 1. The zero-order chi connectivity index (χ0) is 21.7. The fraction of sp³-hybridized carbons (Fsp3) is 0.500. The molecule has 0 aliphatic heterocycles. The van der Waals surface area contributed by atoms with E-state index in [4.69, 9.17) is 11.6 Å². The van der Waals surface area contributed by atoms with Gasteiger partial charge < -0.3 is 5.32 Å². The Kier molecular flexibility index (Phi) is 8.07. The molecular formula is C20H24ClF4N3O. The van der Waals surface area contributed by atoms with Crippen LogP contribution in [-0.4, -0.2) is 15.7 Å². The summed E-state index contributed by atoms with van der Waals surface area (Å²) < 4.78 is 52.8. The van der Waals surface area contributed by atoms with Crippen LogP contribution in [0.25, 0.3) is 0 Å². The van der Waals surface area contributed by atoms with Crippen molar-refractivity contribution in [3.8, 4) is 0 Å². The van der Waals surface area contributed by atoms with Gasteiger partial charge >= 0.3 is 0 Å². The quantitative estimate of drug-likeness (QED) is 0.479. The Hall–Kier alpha value is -2.09. The number of alkyl halides is 4. The van der Waals surface area contributed by atoms with Crippen LogP contribution < -0.4 is 5.32 Å². The summed E-state index contributed by atoms with van der Waals surface area (Å²) in [6, 6.07) is 7.48. The van der Waals surface area contributed by atoms with Crippen molar-refractivity contribution in [1.82, 2.24) is 15.1 Å². The van der Waals surface area contributed by atoms with Crippen LogP contribution in [0.5, 0.6) is 0 Å². The average Bonchev–Trinajstić information content (AvgIpc) is 3.01. The standard InChI is InChI=1S/C20H24ClF4N3O/c1-4-11(3)12-6-8-13(9-7-12)14(5-2)26-15(29)10-28-18(20(24)25)16(21)17(27-28)19(22)23/h6-9,11,14,19-20H,4-5,10H2,1-3H3,(H,26,29). The van der Waals surface area contributed by atoms with E-state index in [1.165, 1.54) is 5.56 Å². The van der Waals surface area contributed by atoms with E-state index in [0.717, 1.165) is 12.0 Å². The Morgan fingerprint density at radius 2 is 1.66 bits per heavy atom. The van der Waals surface area contributed by atoms with Crippen LogP contribution in [0.3, 0.4) is 0 Å². The largest absolute Gasteiger partial charge is 0.348 e. The molecule has 0 aliphatic carbocycles. The number of benzene rings is 1. The second-order valence-corrected chi connectivity index (χ2v) is 7.23. The number of carbonyl (C=O) groups is 1. The highest BCUT2D eigenvalue weighted by Gasteiger charge is 2.29. The van der Waals surface area contributed by atoms with Crippen molar-refractivity contribution in [1.29, 1.82) is 0 Å². The molecule has 1 amide bonds. The van der Waals surface area contributed by atoms with Gasteiger partial charge in [0.05, 0.1) is 11.1 Å². The van der Waals surface area contributed by atoms with Gasteiger partial charge in [0.15, 0.2) is 0 Å². The first-order chi connectivity index (χ1) is 13.7. The van der Waals surface area contributed by atoms with Crippen molar-refractivity contribution in [3.63, 3.8) is 0 Å². The van der Waals surface area contributed by atoms with E-state index in [0.29, 0.717) is 17.0 Å². The molecule has 0 aliphatic rings. The van der Waals surface area contributed by atoms with Crippen molar-refractivity contribution in [2.75, 3.05) is 0 Å². The number of hydrogen-bond acceptors (Lipinski definition) is 2. The van der Waals surface area contributed by atoms with Crippen molar-refractivity contribution < 1.29 is 22.4 Å². The van der Waals surface area contributed by atoms with Gasteiger partial charge in [0.2, 0.25) is 5.91 Å². The van der Waals surface area contributed by atoms with E-state index in [2.05, 4.69) is 24.3 Å². The Bertz CT molecular complexity index is 824. The van der Waals surface area contributed by atoms with Gasteiger partial charge in [-0.2, -0.15) is 5.10 Å². The van der Waals surface area contributed by atoms with Crippen molar-refractivity contribution >= 4 is 17.5 Å². The number of nitrogens with one attached hydrogen (secondary N) is 1. The summed E-state index contributed by atoms with van der Waals surface area (Å²) in [5, 5.41) is 5.34. The first-order valence-electron chi connectivity index (χ1n) is 9.41. The molecule has 0 bridgehead atoms. The third-order valence-electron chi connectivity index (χ3n) is 4.93. The zero-order valence-corrected chi connectivity index (χ0v) is 17.2. The summed E-state index contributed by atoms with van der Waals surface area (Å²) in [6.45, 7) is 5.46.